The van der Waals surface area contributed by atoms with Gasteiger partial charge >= 0.3 is 6.03 Å². The van der Waals surface area contributed by atoms with Crippen LogP contribution in [0.1, 0.15) is 16.2 Å². The maximum absolute atomic E-state index is 13.2. The Labute approximate surface area is 134 Å². The van der Waals surface area contributed by atoms with E-state index >= 15 is 0 Å². The molecule has 0 aromatic carbocycles. The fourth-order valence-corrected chi connectivity index (χ4v) is 3.91. The maximum atomic E-state index is 13.2. The van der Waals surface area contributed by atoms with Gasteiger partial charge in [-0.05, 0) is 25.5 Å². The van der Waals surface area contributed by atoms with Crippen molar-refractivity contribution >= 4 is 28.7 Å². The number of aryl methyl sites for hydroxylation is 1. The molecule has 8 heteroatoms. The van der Waals surface area contributed by atoms with Crippen molar-refractivity contribution in [3.05, 3.63) is 32.9 Å². The van der Waals surface area contributed by atoms with Crippen LogP contribution in [0, 0.1) is 18.3 Å². The number of carbonyl (C=O) groups is 1. The first-order valence-corrected chi connectivity index (χ1v) is 8.37. The second kappa shape index (κ2) is 6.02. The molecule has 0 bridgehead atoms. The SMILES string of the molecule is Cc1cn(-c2ccc(C#N)s2)/c(=N/C(=O)N2CCC(F)C2)s1. The molecule has 2 amide bonds. The minimum Gasteiger partial charge on any atom is -0.320 e. The molecule has 0 N–H and O–H groups in total. The van der Waals surface area contributed by atoms with Crippen molar-refractivity contribution in [2.24, 2.45) is 4.99 Å². The number of amides is 2. The van der Waals surface area contributed by atoms with Crippen molar-refractivity contribution in [1.82, 2.24) is 9.47 Å². The second-order valence-electron chi connectivity index (χ2n) is 4.97. The molecular formula is C14H13FN4OS2. The number of hydrogen-bond donors (Lipinski definition) is 0. The molecule has 1 aliphatic rings. The summed E-state index contributed by atoms with van der Waals surface area (Å²) in [5.74, 6) is 0. The minimum atomic E-state index is -0.952. The molecule has 114 valence electrons. The molecular weight excluding hydrogens is 323 g/mol. The molecule has 22 heavy (non-hydrogen) atoms. The summed E-state index contributed by atoms with van der Waals surface area (Å²) in [5, 5.41) is 9.75. The van der Waals surface area contributed by atoms with Gasteiger partial charge in [-0.25, -0.2) is 9.18 Å². The van der Waals surface area contributed by atoms with Crippen molar-refractivity contribution in [3.63, 3.8) is 0 Å². The van der Waals surface area contributed by atoms with Gasteiger partial charge in [-0.3, -0.25) is 4.57 Å². The summed E-state index contributed by atoms with van der Waals surface area (Å²) < 4.78 is 15.0. The number of thiophene rings is 1. The number of halogens is 1. The highest BCUT2D eigenvalue weighted by Crippen LogP contribution is 2.20. The number of hydrogen-bond acceptors (Lipinski definition) is 4. The van der Waals surface area contributed by atoms with E-state index in [0.717, 1.165) is 9.88 Å². The van der Waals surface area contributed by atoms with Gasteiger partial charge in [0.1, 0.15) is 22.1 Å². The first kappa shape index (κ1) is 14.9. The van der Waals surface area contributed by atoms with Crippen LogP contribution in [0.25, 0.3) is 5.00 Å². The van der Waals surface area contributed by atoms with Crippen LogP contribution in [0.4, 0.5) is 9.18 Å². The lowest BCUT2D eigenvalue weighted by Crippen LogP contribution is -2.28. The number of carbonyl (C=O) groups excluding carboxylic acids is 1. The number of alkyl halides is 1. The molecule has 0 spiro atoms. The van der Waals surface area contributed by atoms with Gasteiger partial charge in [-0.15, -0.1) is 22.7 Å². The third kappa shape index (κ3) is 2.96. The Balaban J connectivity index is 1.95. The molecule has 0 aliphatic carbocycles. The van der Waals surface area contributed by atoms with E-state index in [9.17, 15) is 9.18 Å². The summed E-state index contributed by atoms with van der Waals surface area (Å²) >= 11 is 2.73. The van der Waals surface area contributed by atoms with Gasteiger partial charge in [0, 0.05) is 17.6 Å². The Kier molecular flexibility index (Phi) is 4.09. The summed E-state index contributed by atoms with van der Waals surface area (Å²) in [6.45, 7) is 2.45. The zero-order valence-electron chi connectivity index (χ0n) is 11.8. The highest BCUT2D eigenvalue weighted by molar-refractivity contribution is 7.15. The number of rotatable bonds is 1. The number of nitriles is 1. The molecule has 0 saturated carbocycles. The predicted octanol–water partition coefficient (Wildman–Crippen LogP) is 2.84. The van der Waals surface area contributed by atoms with E-state index < -0.39 is 12.2 Å². The molecule has 1 aliphatic heterocycles. The van der Waals surface area contributed by atoms with Crippen LogP contribution in [0.5, 0.6) is 0 Å². The normalized spacial score (nSPS) is 18.7. The van der Waals surface area contributed by atoms with Crippen molar-refractivity contribution in [3.8, 4) is 11.1 Å². The Morgan fingerprint density at radius 3 is 2.95 bits per heavy atom. The van der Waals surface area contributed by atoms with E-state index in [1.807, 2.05) is 19.2 Å². The minimum absolute atomic E-state index is 0.115. The Bertz CT molecular complexity index is 813. The zero-order valence-corrected chi connectivity index (χ0v) is 13.5. The molecule has 3 rings (SSSR count). The van der Waals surface area contributed by atoms with Crippen molar-refractivity contribution < 1.29 is 9.18 Å². The number of nitrogens with zero attached hydrogens (tertiary/aromatic N) is 4. The van der Waals surface area contributed by atoms with Crippen LogP contribution in [-0.4, -0.2) is 34.8 Å². The molecule has 2 aromatic rings. The van der Waals surface area contributed by atoms with E-state index in [1.165, 1.54) is 27.6 Å². The first-order valence-electron chi connectivity index (χ1n) is 6.74. The summed E-state index contributed by atoms with van der Waals surface area (Å²) in [6, 6.07) is 5.25. The number of aromatic nitrogens is 1. The van der Waals surface area contributed by atoms with Crippen molar-refractivity contribution in [1.29, 1.82) is 5.26 Å². The second-order valence-corrected chi connectivity index (χ2v) is 7.25. The van der Waals surface area contributed by atoms with Crippen LogP contribution in [0.3, 0.4) is 0 Å². The zero-order chi connectivity index (χ0) is 15.7. The lowest BCUT2D eigenvalue weighted by molar-refractivity contribution is 0.213. The molecule has 2 aromatic heterocycles. The third-order valence-corrected chi connectivity index (χ3v) is 5.19. The van der Waals surface area contributed by atoms with Gasteiger partial charge in [-0.1, -0.05) is 0 Å². The van der Waals surface area contributed by atoms with E-state index in [4.69, 9.17) is 5.26 Å². The van der Waals surface area contributed by atoms with Gasteiger partial charge in [-0.2, -0.15) is 10.3 Å². The molecule has 1 fully saturated rings. The highest BCUT2D eigenvalue weighted by Gasteiger charge is 2.25. The molecule has 5 nitrogen and oxygen atoms in total. The summed E-state index contributed by atoms with van der Waals surface area (Å²) in [6.07, 6.45) is 1.30. The molecule has 3 heterocycles. The van der Waals surface area contributed by atoms with Crippen LogP contribution in [-0.2, 0) is 0 Å². The monoisotopic (exact) mass is 336 g/mol. The number of urea groups is 1. The molecule has 1 unspecified atom stereocenters. The molecule has 0 radical (unpaired) electrons. The van der Waals surface area contributed by atoms with Gasteiger partial charge < -0.3 is 4.90 Å². The highest BCUT2D eigenvalue weighted by atomic mass is 32.1. The third-order valence-electron chi connectivity index (χ3n) is 3.30. The number of thiazole rings is 1. The quantitative estimate of drug-likeness (QED) is 0.804. The van der Waals surface area contributed by atoms with Gasteiger partial charge in [0.15, 0.2) is 4.80 Å². The van der Waals surface area contributed by atoms with Crippen molar-refractivity contribution in [2.75, 3.05) is 13.1 Å². The largest absolute Gasteiger partial charge is 0.346 e. The Morgan fingerprint density at radius 1 is 1.50 bits per heavy atom. The van der Waals surface area contributed by atoms with E-state index in [-0.39, 0.29) is 6.54 Å². The average Bonchev–Trinajstić information content (AvgIpc) is 3.18. The van der Waals surface area contributed by atoms with Gasteiger partial charge in [0.2, 0.25) is 0 Å². The van der Waals surface area contributed by atoms with Gasteiger partial charge in [0.25, 0.3) is 0 Å². The lowest BCUT2D eigenvalue weighted by Gasteiger charge is -2.10. The molecule has 1 atom stereocenters. The first-order chi connectivity index (χ1) is 10.6. The topological polar surface area (TPSA) is 61.4 Å². The average molecular weight is 336 g/mol. The van der Waals surface area contributed by atoms with E-state index in [1.54, 1.807) is 10.6 Å². The maximum Gasteiger partial charge on any atom is 0.346 e. The summed E-state index contributed by atoms with van der Waals surface area (Å²) in [7, 11) is 0. The van der Waals surface area contributed by atoms with Crippen LogP contribution < -0.4 is 4.80 Å². The molecule has 1 saturated heterocycles. The Hall–Kier alpha value is -1.98. The predicted molar refractivity (Wildman–Crippen MR) is 83.0 cm³/mol. The lowest BCUT2D eigenvalue weighted by atomic mass is 10.3. The smallest absolute Gasteiger partial charge is 0.320 e. The van der Waals surface area contributed by atoms with Crippen LogP contribution in [0.15, 0.2) is 23.3 Å². The fourth-order valence-electron chi connectivity index (χ4n) is 2.25. The summed E-state index contributed by atoms with van der Waals surface area (Å²) in [4.78, 5) is 19.9. The fraction of sp³-hybridized carbons (Fsp3) is 0.357. The van der Waals surface area contributed by atoms with Crippen LogP contribution in [0.2, 0.25) is 0 Å². The van der Waals surface area contributed by atoms with Crippen LogP contribution >= 0.6 is 22.7 Å². The number of likely N-dealkylation sites (tertiary alicyclic amines) is 1. The van der Waals surface area contributed by atoms with E-state index in [2.05, 4.69) is 11.1 Å². The van der Waals surface area contributed by atoms with E-state index in [0.29, 0.717) is 22.6 Å². The standard InChI is InChI=1S/C14H13FN4OS2/c1-9-7-19(12-3-2-11(6-16)22-12)14(21-9)17-13(20)18-5-4-10(15)8-18/h2-3,7,10H,4-5,8H2,1H3/b17-14-. The van der Waals surface area contributed by atoms with Crippen molar-refractivity contribution in [2.45, 2.75) is 19.5 Å². The van der Waals surface area contributed by atoms with Gasteiger partial charge in [0.05, 0.1) is 6.54 Å². The summed E-state index contributed by atoms with van der Waals surface area (Å²) in [5.41, 5.74) is 0. The Morgan fingerprint density at radius 2 is 2.32 bits per heavy atom.